The number of aromatic nitrogens is 3. The summed E-state index contributed by atoms with van der Waals surface area (Å²) in [6.07, 6.45) is 3.61. The van der Waals surface area contributed by atoms with Gasteiger partial charge in [0.1, 0.15) is 5.82 Å². The van der Waals surface area contributed by atoms with E-state index in [4.69, 9.17) is 0 Å². The molecule has 4 heteroatoms. The van der Waals surface area contributed by atoms with Gasteiger partial charge in [0.2, 0.25) is 0 Å². The van der Waals surface area contributed by atoms with Crippen LogP contribution in [-0.2, 0) is 6.42 Å². The summed E-state index contributed by atoms with van der Waals surface area (Å²) in [5.74, 6) is 1.11. The van der Waals surface area contributed by atoms with E-state index in [0.717, 1.165) is 24.4 Å². The van der Waals surface area contributed by atoms with Gasteiger partial charge in [0.15, 0.2) is 5.65 Å². The first-order valence-electron chi connectivity index (χ1n) is 6.83. The molecule has 1 fully saturated rings. The van der Waals surface area contributed by atoms with Crippen LogP contribution in [0.1, 0.15) is 31.3 Å². The zero-order valence-electron chi connectivity index (χ0n) is 11.1. The molecule has 0 N–H and O–H groups in total. The number of pyridine rings is 1. The first kappa shape index (κ1) is 11.7. The topological polar surface area (TPSA) is 33.4 Å². The van der Waals surface area contributed by atoms with Gasteiger partial charge in [0.05, 0.1) is 0 Å². The number of fused-ring (bicyclic) bond motifs is 1. The SMILES string of the molecule is CCN1CCCC1Cc1nnc2cccc(C)n12. The predicted octanol–water partition coefficient (Wildman–Crippen LogP) is 2.06. The van der Waals surface area contributed by atoms with Crippen molar-refractivity contribution in [1.82, 2.24) is 19.5 Å². The maximum atomic E-state index is 4.37. The molecule has 0 saturated carbocycles. The lowest BCUT2D eigenvalue weighted by molar-refractivity contribution is 0.263. The summed E-state index contributed by atoms with van der Waals surface area (Å²) in [7, 11) is 0. The molecule has 0 bridgehead atoms. The average Bonchev–Trinajstić information content (AvgIpc) is 2.97. The second kappa shape index (κ2) is 4.69. The highest BCUT2D eigenvalue weighted by Crippen LogP contribution is 2.20. The second-order valence-corrected chi connectivity index (χ2v) is 5.11. The summed E-state index contributed by atoms with van der Waals surface area (Å²) in [5, 5.41) is 8.64. The van der Waals surface area contributed by atoms with Gasteiger partial charge in [-0.05, 0) is 45.0 Å². The molecule has 0 radical (unpaired) electrons. The maximum Gasteiger partial charge on any atom is 0.160 e. The van der Waals surface area contributed by atoms with E-state index in [2.05, 4.69) is 39.4 Å². The van der Waals surface area contributed by atoms with E-state index in [0.29, 0.717) is 6.04 Å². The summed E-state index contributed by atoms with van der Waals surface area (Å²) in [6, 6.07) is 6.82. The van der Waals surface area contributed by atoms with Gasteiger partial charge in [-0.15, -0.1) is 10.2 Å². The van der Waals surface area contributed by atoms with Crippen molar-refractivity contribution in [2.24, 2.45) is 0 Å². The fourth-order valence-corrected chi connectivity index (χ4v) is 3.06. The Kier molecular flexibility index (Phi) is 3.04. The Morgan fingerprint density at radius 3 is 3.06 bits per heavy atom. The Labute approximate surface area is 108 Å². The van der Waals surface area contributed by atoms with Gasteiger partial charge in [-0.3, -0.25) is 4.40 Å². The van der Waals surface area contributed by atoms with Crippen LogP contribution in [0.4, 0.5) is 0 Å². The van der Waals surface area contributed by atoms with Crippen molar-refractivity contribution < 1.29 is 0 Å². The molecular weight excluding hydrogens is 224 g/mol. The highest BCUT2D eigenvalue weighted by molar-refractivity contribution is 5.39. The molecule has 2 aromatic heterocycles. The molecule has 1 saturated heterocycles. The number of likely N-dealkylation sites (N-methyl/N-ethyl adjacent to an activating group) is 1. The van der Waals surface area contributed by atoms with Crippen LogP contribution in [-0.4, -0.2) is 38.6 Å². The predicted molar refractivity (Wildman–Crippen MR) is 71.7 cm³/mol. The molecule has 3 rings (SSSR count). The van der Waals surface area contributed by atoms with Crippen LogP contribution in [0.3, 0.4) is 0 Å². The number of hydrogen-bond acceptors (Lipinski definition) is 3. The molecule has 0 aromatic carbocycles. The van der Waals surface area contributed by atoms with Crippen molar-refractivity contribution in [3.8, 4) is 0 Å². The lowest BCUT2D eigenvalue weighted by atomic mass is 10.1. The average molecular weight is 244 g/mol. The molecule has 3 heterocycles. The van der Waals surface area contributed by atoms with E-state index in [9.17, 15) is 0 Å². The Balaban J connectivity index is 1.91. The van der Waals surface area contributed by atoms with Crippen LogP contribution in [0, 0.1) is 6.92 Å². The van der Waals surface area contributed by atoms with E-state index in [1.54, 1.807) is 0 Å². The minimum atomic E-state index is 0.641. The van der Waals surface area contributed by atoms with Crippen molar-refractivity contribution in [2.45, 2.75) is 39.2 Å². The molecule has 1 atom stereocenters. The third kappa shape index (κ3) is 1.90. The lowest BCUT2D eigenvalue weighted by Crippen LogP contribution is -2.31. The highest BCUT2D eigenvalue weighted by atomic mass is 15.3. The molecule has 2 aromatic rings. The molecule has 0 amide bonds. The minimum absolute atomic E-state index is 0.641. The summed E-state index contributed by atoms with van der Waals surface area (Å²) >= 11 is 0. The molecule has 0 spiro atoms. The zero-order valence-corrected chi connectivity index (χ0v) is 11.1. The Morgan fingerprint density at radius 2 is 2.22 bits per heavy atom. The van der Waals surface area contributed by atoms with E-state index in [1.807, 2.05) is 12.1 Å². The fourth-order valence-electron chi connectivity index (χ4n) is 3.06. The standard InChI is InChI=1S/C14H20N4/c1-3-17-9-5-7-12(17)10-14-16-15-13-8-4-6-11(2)18(13)14/h4,6,8,12H,3,5,7,9-10H2,1-2H3. The van der Waals surface area contributed by atoms with Gasteiger partial charge in [0, 0.05) is 18.2 Å². The summed E-state index contributed by atoms with van der Waals surface area (Å²) in [4.78, 5) is 2.55. The van der Waals surface area contributed by atoms with Gasteiger partial charge in [0.25, 0.3) is 0 Å². The van der Waals surface area contributed by atoms with Gasteiger partial charge in [-0.2, -0.15) is 0 Å². The van der Waals surface area contributed by atoms with E-state index >= 15 is 0 Å². The quantitative estimate of drug-likeness (QED) is 0.828. The van der Waals surface area contributed by atoms with E-state index in [-0.39, 0.29) is 0 Å². The van der Waals surface area contributed by atoms with Crippen LogP contribution in [0.15, 0.2) is 18.2 Å². The smallest absolute Gasteiger partial charge is 0.160 e. The monoisotopic (exact) mass is 244 g/mol. The van der Waals surface area contributed by atoms with Gasteiger partial charge >= 0.3 is 0 Å². The van der Waals surface area contributed by atoms with Crippen molar-refractivity contribution in [3.05, 3.63) is 29.7 Å². The van der Waals surface area contributed by atoms with Crippen molar-refractivity contribution in [1.29, 1.82) is 0 Å². The second-order valence-electron chi connectivity index (χ2n) is 5.11. The minimum Gasteiger partial charge on any atom is -0.300 e. The summed E-state index contributed by atoms with van der Waals surface area (Å²) in [6.45, 7) is 6.73. The first-order valence-corrected chi connectivity index (χ1v) is 6.83. The number of aryl methyl sites for hydroxylation is 1. The third-order valence-corrected chi connectivity index (χ3v) is 4.01. The van der Waals surface area contributed by atoms with Crippen LogP contribution in [0.2, 0.25) is 0 Å². The molecule has 18 heavy (non-hydrogen) atoms. The number of nitrogens with zero attached hydrogens (tertiary/aromatic N) is 4. The molecular formula is C14H20N4. The van der Waals surface area contributed by atoms with E-state index < -0.39 is 0 Å². The number of likely N-dealkylation sites (tertiary alicyclic amines) is 1. The molecule has 1 unspecified atom stereocenters. The molecule has 4 nitrogen and oxygen atoms in total. The third-order valence-electron chi connectivity index (χ3n) is 4.01. The first-order chi connectivity index (χ1) is 8.79. The van der Waals surface area contributed by atoms with Gasteiger partial charge in [-0.25, -0.2) is 0 Å². The fraction of sp³-hybridized carbons (Fsp3) is 0.571. The van der Waals surface area contributed by atoms with Crippen LogP contribution < -0.4 is 0 Å². The lowest BCUT2D eigenvalue weighted by Gasteiger charge is -2.21. The Morgan fingerprint density at radius 1 is 1.33 bits per heavy atom. The molecule has 1 aliphatic rings. The van der Waals surface area contributed by atoms with Gasteiger partial charge < -0.3 is 4.90 Å². The van der Waals surface area contributed by atoms with E-state index in [1.165, 1.54) is 25.1 Å². The molecule has 96 valence electrons. The maximum absolute atomic E-state index is 4.37. The normalized spacial score (nSPS) is 20.9. The number of hydrogen-bond donors (Lipinski definition) is 0. The van der Waals surface area contributed by atoms with Crippen molar-refractivity contribution in [3.63, 3.8) is 0 Å². The Bertz CT molecular complexity index is 546. The van der Waals surface area contributed by atoms with Crippen molar-refractivity contribution >= 4 is 5.65 Å². The highest BCUT2D eigenvalue weighted by Gasteiger charge is 2.25. The summed E-state index contributed by atoms with van der Waals surface area (Å²) in [5.41, 5.74) is 2.18. The van der Waals surface area contributed by atoms with Crippen LogP contribution in [0.5, 0.6) is 0 Å². The molecule has 0 aliphatic carbocycles. The zero-order chi connectivity index (χ0) is 12.5. The van der Waals surface area contributed by atoms with Crippen molar-refractivity contribution in [2.75, 3.05) is 13.1 Å². The number of rotatable bonds is 3. The van der Waals surface area contributed by atoms with Crippen LogP contribution >= 0.6 is 0 Å². The molecule has 1 aliphatic heterocycles. The largest absolute Gasteiger partial charge is 0.300 e. The van der Waals surface area contributed by atoms with Gasteiger partial charge in [-0.1, -0.05) is 13.0 Å². The summed E-state index contributed by atoms with van der Waals surface area (Å²) < 4.78 is 2.19. The Hall–Kier alpha value is -1.42. The van der Waals surface area contributed by atoms with Crippen LogP contribution in [0.25, 0.3) is 5.65 Å².